The zero-order chi connectivity index (χ0) is 12.3. The van der Waals surface area contributed by atoms with Gasteiger partial charge in [0.1, 0.15) is 11.6 Å². The summed E-state index contributed by atoms with van der Waals surface area (Å²) in [6, 6.07) is 4.19. The van der Waals surface area contributed by atoms with Crippen LogP contribution in [-0.4, -0.2) is 25.7 Å². The molecule has 4 heteroatoms. The summed E-state index contributed by atoms with van der Waals surface area (Å²) in [5.74, 6) is -0.993. The van der Waals surface area contributed by atoms with Gasteiger partial charge in [0.25, 0.3) is 0 Å². The normalized spacial score (nSPS) is 19.9. The maximum absolute atomic E-state index is 13.6. The minimum atomic E-state index is -0.522. The van der Waals surface area contributed by atoms with E-state index in [2.05, 4.69) is 12.2 Å². The molecular weight excluding hydrogens is 222 g/mol. The van der Waals surface area contributed by atoms with Gasteiger partial charge in [0, 0.05) is 25.2 Å². The van der Waals surface area contributed by atoms with Gasteiger partial charge in [-0.25, -0.2) is 8.78 Å². The largest absolute Gasteiger partial charge is 0.368 e. The predicted octanol–water partition coefficient (Wildman–Crippen LogP) is 2.54. The molecule has 17 heavy (non-hydrogen) atoms. The molecule has 1 N–H and O–H groups in total. The molecule has 0 aliphatic carbocycles. The van der Waals surface area contributed by atoms with Crippen LogP contribution < -0.4 is 10.2 Å². The molecule has 1 aliphatic rings. The number of hydrogen-bond acceptors (Lipinski definition) is 2. The summed E-state index contributed by atoms with van der Waals surface area (Å²) in [7, 11) is 0. The van der Waals surface area contributed by atoms with Gasteiger partial charge in [0.05, 0.1) is 5.69 Å². The SMILES string of the molecule is CCCNC1CCN(c2ccc(F)cc2F)C1. The summed E-state index contributed by atoms with van der Waals surface area (Å²) in [5.41, 5.74) is 0.507. The van der Waals surface area contributed by atoms with Gasteiger partial charge in [0.2, 0.25) is 0 Å². The van der Waals surface area contributed by atoms with Gasteiger partial charge in [0.15, 0.2) is 0 Å². The first kappa shape index (κ1) is 12.3. The summed E-state index contributed by atoms with van der Waals surface area (Å²) < 4.78 is 26.4. The first-order valence-electron chi connectivity index (χ1n) is 6.14. The van der Waals surface area contributed by atoms with Crippen LogP contribution in [0.4, 0.5) is 14.5 Å². The summed E-state index contributed by atoms with van der Waals surface area (Å²) in [6.07, 6.45) is 2.11. The van der Waals surface area contributed by atoms with Crippen molar-refractivity contribution in [1.29, 1.82) is 0 Å². The lowest BCUT2D eigenvalue weighted by molar-refractivity contribution is 0.547. The summed E-state index contributed by atoms with van der Waals surface area (Å²) >= 11 is 0. The number of nitrogens with one attached hydrogen (secondary N) is 1. The fourth-order valence-corrected chi connectivity index (χ4v) is 2.23. The van der Waals surface area contributed by atoms with Gasteiger partial charge in [-0.2, -0.15) is 0 Å². The molecule has 1 unspecified atom stereocenters. The molecular formula is C13H18F2N2. The van der Waals surface area contributed by atoms with Crippen LogP contribution in [0, 0.1) is 11.6 Å². The van der Waals surface area contributed by atoms with Crippen molar-refractivity contribution in [3.63, 3.8) is 0 Å². The molecule has 1 aromatic carbocycles. The van der Waals surface area contributed by atoms with Crippen LogP contribution in [0.3, 0.4) is 0 Å². The lowest BCUT2D eigenvalue weighted by atomic mass is 10.2. The molecule has 1 fully saturated rings. The summed E-state index contributed by atoms with van der Waals surface area (Å²) in [5, 5.41) is 3.42. The Balaban J connectivity index is 2.00. The van der Waals surface area contributed by atoms with Gasteiger partial charge >= 0.3 is 0 Å². The van der Waals surface area contributed by atoms with E-state index in [9.17, 15) is 8.78 Å². The Kier molecular flexibility index (Phi) is 3.94. The van der Waals surface area contributed by atoms with E-state index in [4.69, 9.17) is 0 Å². The van der Waals surface area contributed by atoms with E-state index in [1.165, 1.54) is 12.1 Å². The third kappa shape index (κ3) is 2.94. The molecule has 1 saturated heterocycles. The Hall–Kier alpha value is -1.16. The quantitative estimate of drug-likeness (QED) is 0.870. The molecule has 1 atom stereocenters. The van der Waals surface area contributed by atoms with Crippen molar-refractivity contribution < 1.29 is 8.78 Å². The minimum Gasteiger partial charge on any atom is -0.368 e. The average molecular weight is 240 g/mol. The van der Waals surface area contributed by atoms with Gasteiger partial charge in [-0.05, 0) is 31.5 Å². The first-order valence-corrected chi connectivity index (χ1v) is 6.14. The van der Waals surface area contributed by atoms with Crippen molar-refractivity contribution in [2.45, 2.75) is 25.8 Å². The molecule has 1 aromatic rings. The van der Waals surface area contributed by atoms with E-state index < -0.39 is 11.6 Å². The molecule has 0 bridgehead atoms. The Bertz CT molecular complexity index is 382. The summed E-state index contributed by atoms with van der Waals surface area (Å²) in [6.45, 7) is 4.73. The Morgan fingerprint density at radius 3 is 2.94 bits per heavy atom. The maximum Gasteiger partial charge on any atom is 0.149 e. The molecule has 2 nitrogen and oxygen atoms in total. The van der Waals surface area contributed by atoms with Crippen molar-refractivity contribution in [2.24, 2.45) is 0 Å². The second-order valence-corrected chi connectivity index (χ2v) is 4.48. The van der Waals surface area contributed by atoms with Gasteiger partial charge in [-0.3, -0.25) is 0 Å². The van der Waals surface area contributed by atoms with E-state index in [-0.39, 0.29) is 0 Å². The number of nitrogens with zero attached hydrogens (tertiary/aromatic N) is 1. The van der Waals surface area contributed by atoms with Crippen LogP contribution in [0.2, 0.25) is 0 Å². The van der Waals surface area contributed by atoms with Crippen LogP contribution in [0.25, 0.3) is 0 Å². The standard InChI is InChI=1S/C13H18F2N2/c1-2-6-16-11-5-7-17(9-11)13-4-3-10(14)8-12(13)15/h3-4,8,11,16H,2,5-7,9H2,1H3. The van der Waals surface area contributed by atoms with Crippen LogP contribution in [0.1, 0.15) is 19.8 Å². The second-order valence-electron chi connectivity index (χ2n) is 4.48. The van der Waals surface area contributed by atoms with Crippen LogP contribution in [0.5, 0.6) is 0 Å². The molecule has 1 aliphatic heterocycles. The monoisotopic (exact) mass is 240 g/mol. The van der Waals surface area contributed by atoms with Gasteiger partial charge in [-0.1, -0.05) is 6.92 Å². The lowest BCUT2D eigenvalue weighted by Gasteiger charge is -2.19. The van der Waals surface area contributed by atoms with Crippen molar-refractivity contribution in [1.82, 2.24) is 5.32 Å². The predicted molar refractivity (Wildman–Crippen MR) is 65.3 cm³/mol. The fraction of sp³-hybridized carbons (Fsp3) is 0.538. The van der Waals surface area contributed by atoms with Crippen molar-refractivity contribution in [3.05, 3.63) is 29.8 Å². The zero-order valence-corrected chi connectivity index (χ0v) is 10.0. The fourth-order valence-electron chi connectivity index (χ4n) is 2.23. The van der Waals surface area contributed by atoms with Crippen molar-refractivity contribution >= 4 is 5.69 Å². The molecule has 0 radical (unpaired) electrons. The van der Waals surface area contributed by atoms with Gasteiger partial charge < -0.3 is 10.2 Å². The molecule has 0 aromatic heterocycles. The second kappa shape index (κ2) is 5.45. The number of hydrogen-bond donors (Lipinski definition) is 1. The lowest BCUT2D eigenvalue weighted by Crippen LogP contribution is -2.33. The van der Waals surface area contributed by atoms with E-state index in [0.29, 0.717) is 11.7 Å². The highest BCUT2D eigenvalue weighted by Gasteiger charge is 2.23. The van der Waals surface area contributed by atoms with Crippen LogP contribution in [0.15, 0.2) is 18.2 Å². The van der Waals surface area contributed by atoms with E-state index in [1.54, 1.807) is 0 Å². The topological polar surface area (TPSA) is 15.3 Å². The number of halogens is 2. The maximum atomic E-state index is 13.6. The molecule has 2 rings (SSSR count). The van der Waals surface area contributed by atoms with Crippen LogP contribution in [-0.2, 0) is 0 Å². The Morgan fingerprint density at radius 1 is 1.41 bits per heavy atom. The van der Waals surface area contributed by atoms with E-state index >= 15 is 0 Å². The number of rotatable bonds is 4. The Morgan fingerprint density at radius 2 is 2.24 bits per heavy atom. The minimum absolute atomic E-state index is 0.416. The molecule has 1 heterocycles. The average Bonchev–Trinajstić information content (AvgIpc) is 2.75. The zero-order valence-electron chi connectivity index (χ0n) is 10.0. The third-order valence-electron chi connectivity index (χ3n) is 3.12. The van der Waals surface area contributed by atoms with E-state index in [0.717, 1.165) is 38.5 Å². The summed E-state index contributed by atoms with van der Waals surface area (Å²) in [4.78, 5) is 1.97. The highest BCUT2D eigenvalue weighted by molar-refractivity contribution is 5.49. The molecule has 94 valence electrons. The highest BCUT2D eigenvalue weighted by atomic mass is 19.1. The van der Waals surface area contributed by atoms with Crippen molar-refractivity contribution in [3.8, 4) is 0 Å². The third-order valence-corrected chi connectivity index (χ3v) is 3.12. The van der Waals surface area contributed by atoms with Crippen molar-refractivity contribution in [2.75, 3.05) is 24.5 Å². The highest BCUT2D eigenvalue weighted by Crippen LogP contribution is 2.24. The molecule has 0 spiro atoms. The smallest absolute Gasteiger partial charge is 0.149 e. The number of benzene rings is 1. The first-order chi connectivity index (χ1) is 8.20. The van der Waals surface area contributed by atoms with E-state index in [1.807, 2.05) is 4.90 Å². The number of anilines is 1. The van der Waals surface area contributed by atoms with Crippen LogP contribution >= 0.6 is 0 Å². The van der Waals surface area contributed by atoms with Gasteiger partial charge in [-0.15, -0.1) is 0 Å². The Labute approximate surface area is 101 Å². The molecule has 0 amide bonds. The molecule has 0 saturated carbocycles.